The Kier molecular flexibility index (Phi) is 7.41. The van der Waals surface area contributed by atoms with Crippen LogP contribution in [0.5, 0.6) is 0 Å². The molecule has 0 spiro atoms. The number of halogens is 1. The maximum absolute atomic E-state index is 13.3. The van der Waals surface area contributed by atoms with Gasteiger partial charge in [-0.15, -0.1) is 0 Å². The van der Waals surface area contributed by atoms with Gasteiger partial charge in [-0.1, -0.05) is 6.07 Å². The predicted molar refractivity (Wildman–Crippen MR) is 146 cm³/mol. The van der Waals surface area contributed by atoms with Crippen LogP contribution >= 0.6 is 0 Å². The summed E-state index contributed by atoms with van der Waals surface area (Å²) in [4.78, 5) is 38.3. The molecule has 10 nitrogen and oxygen atoms in total. The predicted octanol–water partition coefficient (Wildman–Crippen LogP) is 4.69. The maximum Gasteiger partial charge on any atom is 0.270 e. The van der Waals surface area contributed by atoms with Crippen molar-refractivity contribution >= 4 is 17.4 Å². The Morgan fingerprint density at radius 1 is 0.950 bits per heavy atom. The summed E-state index contributed by atoms with van der Waals surface area (Å²) >= 11 is 0. The third kappa shape index (κ3) is 6.08. The van der Waals surface area contributed by atoms with Gasteiger partial charge in [0, 0.05) is 53.7 Å². The molecule has 0 saturated carbocycles. The van der Waals surface area contributed by atoms with Crippen LogP contribution in [0.4, 0.5) is 15.9 Å². The molecular weight excluding hydrogens is 509 g/mol. The van der Waals surface area contributed by atoms with Gasteiger partial charge in [-0.3, -0.25) is 19.7 Å². The minimum atomic E-state index is -0.535. The molecule has 0 aliphatic heterocycles. The molecule has 11 heteroatoms. The van der Waals surface area contributed by atoms with Gasteiger partial charge >= 0.3 is 0 Å². The number of carbonyl (C=O) groups is 1. The fraction of sp³-hybridized carbons (Fsp3) is 0.103. The number of nitrogens with one attached hydrogen (secondary N) is 2. The summed E-state index contributed by atoms with van der Waals surface area (Å²) in [5.41, 5.74) is 5.42. The summed E-state index contributed by atoms with van der Waals surface area (Å²) in [6.45, 7) is 3.82. The van der Waals surface area contributed by atoms with E-state index in [1.54, 1.807) is 61.9 Å². The highest BCUT2D eigenvalue weighted by Crippen LogP contribution is 2.22. The number of aryl methyl sites for hydroxylation is 2. The second-order valence-electron chi connectivity index (χ2n) is 8.85. The van der Waals surface area contributed by atoms with E-state index in [4.69, 9.17) is 5.26 Å². The molecule has 0 atom stereocenters. The highest BCUT2D eigenvalue weighted by Gasteiger charge is 2.11. The molecule has 40 heavy (non-hydrogen) atoms. The molecule has 0 saturated heterocycles. The first-order valence-corrected chi connectivity index (χ1v) is 12.2. The molecule has 196 valence electrons. The second-order valence-corrected chi connectivity index (χ2v) is 8.85. The van der Waals surface area contributed by atoms with Crippen molar-refractivity contribution < 1.29 is 9.18 Å². The smallest absolute Gasteiger partial charge is 0.270 e. The van der Waals surface area contributed by atoms with Crippen LogP contribution in [0.2, 0.25) is 0 Å². The standard InChI is InChI=1S/C29H22FN9O/c1-17-9-27(38-22-10-20(11-31)12-32-16-22)39-28(36-17)21-4-7-25(34-15-21)29(40)35-14-19-3-6-24(33-13-19)23-5-8-26(30)37-18(23)2/h3-10,12-13,15-16H,14H2,1-2H3,(H,35,40)(H,36,38,39). The number of amides is 1. The zero-order chi connectivity index (χ0) is 28.1. The van der Waals surface area contributed by atoms with Crippen LogP contribution in [0, 0.1) is 31.1 Å². The number of anilines is 2. The normalized spacial score (nSPS) is 10.6. The molecule has 1 amide bonds. The van der Waals surface area contributed by atoms with Crippen LogP contribution in [0.25, 0.3) is 22.6 Å². The second kappa shape index (κ2) is 11.4. The number of carbonyl (C=O) groups excluding carboxylic acids is 1. The van der Waals surface area contributed by atoms with Gasteiger partial charge in [0.2, 0.25) is 5.95 Å². The van der Waals surface area contributed by atoms with Crippen LogP contribution in [-0.4, -0.2) is 35.8 Å². The van der Waals surface area contributed by atoms with E-state index in [2.05, 4.69) is 46.6 Å². The van der Waals surface area contributed by atoms with E-state index >= 15 is 0 Å². The molecule has 0 fully saturated rings. The van der Waals surface area contributed by atoms with Crippen LogP contribution in [-0.2, 0) is 6.54 Å². The maximum atomic E-state index is 13.3. The fourth-order valence-corrected chi connectivity index (χ4v) is 3.90. The lowest BCUT2D eigenvalue weighted by molar-refractivity contribution is 0.0946. The number of hydrogen-bond donors (Lipinski definition) is 2. The van der Waals surface area contributed by atoms with E-state index in [1.165, 1.54) is 12.3 Å². The molecule has 0 aliphatic carbocycles. The van der Waals surface area contributed by atoms with E-state index in [0.717, 1.165) is 16.8 Å². The molecule has 0 unspecified atom stereocenters. The molecule has 0 aliphatic rings. The van der Waals surface area contributed by atoms with E-state index in [0.29, 0.717) is 39.8 Å². The summed E-state index contributed by atoms with van der Waals surface area (Å²) in [5, 5.41) is 15.1. The SMILES string of the molecule is Cc1cc(Nc2cncc(C#N)c2)nc(-c2ccc(C(=O)NCc3ccc(-c4ccc(F)nc4C)nc3)nc2)n1. The van der Waals surface area contributed by atoms with Crippen molar-refractivity contribution in [2.24, 2.45) is 0 Å². The van der Waals surface area contributed by atoms with Crippen molar-refractivity contribution in [3.8, 4) is 28.7 Å². The average molecular weight is 532 g/mol. The van der Waals surface area contributed by atoms with Gasteiger partial charge in [-0.05, 0) is 55.8 Å². The quantitative estimate of drug-likeness (QED) is 0.286. The van der Waals surface area contributed by atoms with Gasteiger partial charge < -0.3 is 10.6 Å². The molecule has 2 N–H and O–H groups in total. The van der Waals surface area contributed by atoms with Gasteiger partial charge in [0.1, 0.15) is 17.6 Å². The highest BCUT2D eigenvalue weighted by molar-refractivity contribution is 5.92. The number of nitrogens with zero attached hydrogens (tertiary/aromatic N) is 7. The molecule has 0 radical (unpaired) electrons. The van der Waals surface area contributed by atoms with Crippen molar-refractivity contribution in [3.05, 3.63) is 107 Å². The van der Waals surface area contributed by atoms with E-state index in [1.807, 2.05) is 13.0 Å². The number of nitriles is 1. The lowest BCUT2D eigenvalue weighted by atomic mass is 10.1. The number of pyridine rings is 4. The van der Waals surface area contributed by atoms with Crippen molar-refractivity contribution in [1.29, 1.82) is 5.26 Å². The molecule has 5 heterocycles. The molecule has 5 rings (SSSR count). The molecular formula is C29H22FN9O. The topological polar surface area (TPSA) is 142 Å². The van der Waals surface area contributed by atoms with Crippen molar-refractivity contribution in [3.63, 3.8) is 0 Å². The van der Waals surface area contributed by atoms with Crippen molar-refractivity contribution in [2.75, 3.05) is 5.32 Å². The van der Waals surface area contributed by atoms with E-state index in [-0.39, 0.29) is 18.1 Å². The van der Waals surface area contributed by atoms with Crippen molar-refractivity contribution in [1.82, 2.24) is 35.2 Å². The molecule has 0 bridgehead atoms. The first kappa shape index (κ1) is 26.0. The number of rotatable bonds is 7. The lowest BCUT2D eigenvalue weighted by Gasteiger charge is -2.09. The Balaban J connectivity index is 1.23. The Labute approximate surface area is 229 Å². The average Bonchev–Trinajstić information content (AvgIpc) is 2.96. The monoisotopic (exact) mass is 531 g/mol. The lowest BCUT2D eigenvalue weighted by Crippen LogP contribution is -2.23. The fourth-order valence-electron chi connectivity index (χ4n) is 3.90. The van der Waals surface area contributed by atoms with Gasteiger partial charge in [0.15, 0.2) is 5.82 Å². The zero-order valence-electron chi connectivity index (χ0n) is 21.6. The summed E-state index contributed by atoms with van der Waals surface area (Å²) in [7, 11) is 0. The Hall–Kier alpha value is -5.63. The Bertz CT molecular complexity index is 1730. The van der Waals surface area contributed by atoms with Gasteiger partial charge in [0.05, 0.1) is 23.1 Å². The van der Waals surface area contributed by atoms with Crippen LogP contribution < -0.4 is 10.6 Å². The third-order valence-electron chi connectivity index (χ3n) is 5.85. The minimum absolute atomic E-state index is 0.242. The highest BCUT2D eigenvalue weighted by atomic mass is 19.1. The first-order valence-electron chi connectivity index (χ1n) is 12.2. The van der Waals surface area contributed by atoms with Crippen LogP contribution in [0.1, 0.15) is 33.0 Å². The number of aromatic nitrogens is 6. The van der Waals surface area contributed by atoms with E-state index < -0.39 is 5.95 Å². The summed E-state index contributed by atoms with van der Waals surface area (Å²) < 4.78 is 13.3. The molecule has 5 aromatic rings. The summed E-state index contributed by atoms with van der Waals surface area (Å²) in [6.07, 6.45) is 6.27. The molecule has 0 aromatic carbocycles. The minimum Gasteiger partial charge on any atom is -0.347 e. The first-order chi connectivity index (χ1) is 19.4. The van der Waals surface area contributed by atoms with Crippen LogP contribution in [0.15, 0.2) is 73.3 Å². The zero-order valence-corrected chi connectivity index (χ0v) is 21.6. The Morgan fingerprint density at radius 3 is 2.55 bits per heavy atom. The van der Waals surface area contributed by atoms with Gasteiger partial charge in [-0.2, -0.15) is 9.65 Å². The third-order valence-corrected chi connectivity index (χ3v) is 5.85. The largest absolute Gasteiger partial charge is 0.347 e. The summed E-state index contributed by atoms with van der Waals surface area (Å²) in [6, 6.07) is 15.4. The number of hydrogen-bond acceptors (Lipinski definition) is 9. The van der Waals surface area contributed by atoms with E-state index in [9.17, 15) is 9.18 Å². The molecule has 5 aromatic heterocycles. The Morgan fingerprint density at radius 2 is 1.82 bits per heavy atom. The van der Waals surface area contributed by atoms with Crippen molar-refractivity contribution in [2.45, 2.75) is 20.4 Å². The van der Waals surface area contributed by atoms with Crippen LogP contribution in [0.3, 0.4) is 0 Å². The summed E-state index contributed by atoms with van der Waals surface area (Å²) in [5.74, 6) is 0.0922. The van der Waals surface area contributed by atoms with Gasteiger partial charge in [-0.25, -0.2) is 15.0 Å². The van der Waals surface area contributed by atoms with Gasteiger partial charge in [0.25, 0.3) is 5.91 Å².